The van der Waals surface area contributed by atoms with Gasteiger partial charge >= 0.3 is 5.97 Å². The van der Waals surface area contributed by atoms with E-state index in [1.807, 2.05) is 30.8 Å². The van der Waals surface area contributed by atoms with Crippen molar-refractivity contribution in [3.05, 3.63) is 29.3 Å². The van der Waals surface area contributed by atoms with Crippen LogP contribution in [0.2, 0.25) is 0 Å². The van der Waals surface area contributed by atoms with Crippen molar-refractivity contribution < 1.29 is 9.90 Å². The van der Waals surface area contributed by atoms with E-state index in [0.717, 1.165) is 35.8 Å². The molecule has 1 heterocycles. The fraction of sp³-hybridized carbons (Fsp3) is 0.417. The molecule has 0 aliphatic carbocycles. The van der Waals surface area contributed by atoms with Gasteiger partial charge in [-0.05, 0) is 24.6 Å². The lowest BCUT2D eigenvalue weighted by Gasteiger charge is -2.29. The number of hydrogen-bond donors (Lipinski definition) is 1. The van der Waals surface area contributed by atoms with Gasteiger partial charge < -0.3 is 10.0 Å². The van der Waals surface area contributed by atoms with Crippen molar-refractivity contribution in [3.8, 4) is 0 Å². The van der Waals surface area contributed by atoms with Crippen LogP contribution in [-0.4, -0.2) is 35.7 Å². The number of nitrogens with zero attached hydrogens (tertiary/aromatic N) is 1. The van der Waals surface area contributed by atoms with Crippen LogP contribution >= 0.6 is 11.8 Å². The van der Waals surface area contributed by atoms with E-state index in [2.05, 4.69) is 4.90 Å². The van der Waals surface area contributed by atoms with Crippen LogP contribution in [0.15, 0.2) is 18.2 Å². The van der Waals surface area contributed by atoms with Gasteiger partial charge in [0, 0.05) is 24.6 Å². The van der Waals surface area contributed by atoms with Crippen LogP contribution in [0, 0.1) is 6.92 Å². The van der Waals surface area contributed by atoms with Gasteiger partial charge in [0.25, 0.3) is 0 Å². The van der Waals surface area contributed by atoms with Crippen molar-refractivity contribution in [2.24, 2.45) is 0 Å². The molecular weight excluding hydrogens is 222 g/mol. The summed E-state index contributed by atoms with van der Waals surface area (Å²) >= 11 is 1.92. The molecule has 0 saturated carbocycles. The van der Waals surface area contributed by atoms with E-state index < -0.39 is 5.97 Å². The van der Waals surface area contributed by atoms with Gasteiger partial charge in [-0.15, -0.1) is 0 Å². The van der Waals surface area contributed by atoms with E-state index in [0.29, 0.717) is 5.56 Å². The van der Waals surface area contributed by atoms with Gasteiger partial charge in [-0.3, -0.25) is 0 Å². The van der Waals surface area contributed by atoms with Gasteiger partial charge in [0.05, 0.1) is 11.3 Å². The van der Waals surface area contributed by atoms with Gasteiger partial charge in [-0.1, -0.05) is 6.07 Å². The van der Waals surface area contributed by atoms with Crippen LogP contribution in [0.1, 0.15) is 15.9 Å². The minimum Gasteiger partial charge on any atom is -0.478 e. The molecule has 3 nitrogen and oxygen atoms in total. The number of aryl methyl sites for hydroxylation is 1. The lowest BCUT2D eigenvalue weighted by molar-refractivity contribution is 0.0697. The van der Waals surface area contributed by atoms with Crippen LogP contribution in [0.5, 0.6) is 0 Å². The Labute approximate surface area is 99.5 Å². The molecule has 1 aromatic carbocycles. The van der Waals surface area contributed by atoms with Gasteiger partial charge in [0.15, 0.2) is 0 Å². The summed E-state index contributed by atoms with van der Waals surface area (Å²) in [4.78, 5) is 13.3. The van der Waals surface area contributed by atoms with Crippen molar-refractivity contribution in [2.45, 2.75) is 6.92 Å². The Balaban J connectivity index is 2.36. The fourth-order valence-electron chi connectivity index (χ4n) is 1.89. The second kappa shape index (κ2) is 4.78. The van der Waals surface area contributed by atoms with Crippen molar-refractivity contribution in [3.63, 3.8) is 0 Å². The molecular formula is C12H15NO2S. The zero-order valence-corrected chi connectivity index (χ0v) is 10.1. The zero-order valence-electron chi connectivity index (χ0n) is 9.27. The molecule has 2 rings (SSSR count). The van der Waals surface area contributed by atoms with Gasteiger partial charge in [0.2, 0.25) is 0 Å². The summed E-state index contributed by atoms with van der Waals surface area (Å²) in [5, 5.41) is 9.16. The maximum Gasteiger partial charge on any atom is 0.337 e. The highest BCUT2D eigenvalue weighted by Crippen LogP contribution is 2.25. The highest BCUT2D eigenvalue weighted by atomic mass is 32.2. The summed E-state index contributed by atoms with van der Waals surface area (Å²) in [6.45, 7) is 3.87. The maximum atomic E-state index is 11.1. The monoisotopic (exact) mass is 237 g/mol. The molecule has 16 heavy (non-hydrogen) atoms. The average Bonchev–Trinajstić information content (AvgIpc) is 2.29. The van der Waals surface area contributed by atoms with E-state index in [1.54, 1.807) is 6.07 Å². The van der Waals surface area contributed by atoms with E-state index in [-0.39, 0.29) is 0 Å². The van der Waals surface area contributed by atoms with Gasteiger partial charge in [-0.2, -0.15) is 11.8 Å². The Hall–Kier alpha value is -1.16. The SMILES string of the molecule is Cc1ccc(C(=O)O)c(N2CCSCC2)c1. The molecule has 0 atom stereocenters. The Morgan fingerprint density at radius 2 is 2.06 bits per heavy atom. The zero-order chi connectivity index (χ0) is 11.5. The summed E-state index contributed by atoms with van der Waals surface area (Å²) in [7, 11) is 0. The summed E-state index contributed by atoms with van der Waals surface area (Å²) in [6, 6.07) is 5.53. The van der Waals surface area contributed by atoms with E-state index in [1.165, 1.54) is 0 Å². The van der Waals surface area contributed by atoms with E-state index in [9.17, 15) is 4.79 Å². The summed E-state index contributed by atoms with van der Waals surface area (Å²) in [5.41, 5.74) is 2.39. The van der Waals surface area contributed by atoms with Crippen LogP contribution < -0.4 is 4.90 Å². The second-order valence-electron chi connectivity index (χ2n) is 3.93. The lowest BCUT2D eigenvalue weighted by Crippen LogP contribution is -2.33. The summed E-state index contributed by atoms with van der Waals surface area (Å²) in [5.74, 6) is 1.31. The third kappa shape index (κ3) is 2.32. The van der Waals surface area contributed by atoms with Crippen molar-refractivity contribution in [2.75, 3.05) is 29.5 Å². The van der Waals surface area contributed by atoms with Crippen LogP contribution in [0.4, 0.5) is 5.69 Å². The first kappa shape index (κ1) is 11.3. The largest absolute Gasteiger partial charge is 0.478 e. The standard InChI is InChI=1S/C12H15NO2S/c1-9-2-3-10(12(14)15)11(8-9)13-4-6-16-7-5-13/h2-3,8H,4-7H2,1H3,(H,14,15). The summed E-state index contributed by atoms with van der Waals surface area (Å²) in [6.07, 6.45) is 0. The van der Waals surface area contributed by atoms with Crippen molar-refractivity contribution in [1.82, 2.24) is 0 Å². The molecule has 1 saturated heterocycles. The third-order valence-electron chi connectivity index (χ3n) is 2.74. The second-order valence-corrected chi connectivity index (χ2v) is 5.15. The number of rotatable bonds is 2. The number of carboxylic acid groups (broad SMARTS) is 1. The van der Waals surface area contributed by atoms with Crippen molar-refractivity contribution >= 4 is 23.4 Å². The van der Waals surface area contributed by atoms with E-state index >= 15 is 0 Å². The van der Waals surface area contributed by atoms with Gasteiger partial charge in [0.1, 0.15) is 0 Å². The smallest absolute Gasteiger partial charge is 0.337 e. The van der Waals surface area contributed by atoms with Gasteiger partial charge in [-0.25, -0.2) is 4.79 Å². The van der Waals surface area contributed by atoms with Crippen LogP contribution in [-0.2, 0) is 0 Å². The Morgan fingerprint density at radius 3 is 2.69 bits per heavy atom. The minimum absolute atomic E-state index is 0.414. The molecule has 0 spiro atoms. The number of benzene rings is 1. The maximum absolute atomic E-state index is 11.1. The highest BCUT2D eigenvalue weighted by molar-refractivity contribution is 7.99. The highest BCUT2D eigenvalue weighted by Gasteiger charge is 2.18. The molecule has 0 unspecified atom stereocenters. The van der Waals surface area contributed by atoms with Crippen LogP contribution in [0.3, 0.4) is 0 Å². The average molecular weight is 237 g/mol. The number of hydrogen-bond acceptors (Lipinski definition) is 3. The molecule has 1 aromatic rings. The normalized spacial score (nSPS) is 16.2. The molecule has 0 radical (unpaired) electrons. The lowest BCUT2D eigenvalue weighted by atomic mass is 10.1. The molecule has 1 N–H and O–H groups in total. The van der Waals surface area contributed by atoms with Crippen molar-refractivity contribution in [1.29, 1.82) is 0 Å². The number of anilines is 1. The fourth-order valence-corrected chi connectivity index (χ4v) is 2.79. The quantitative estimate of drug-likeness (QED) is 0.856. The van der Waals surface area contributed by atoms with E-state index in [4.69, 9.17) is 5.11 Å². The molecule has 0 bridgehead atoms. The molecule has 86 valence electrons. The first-order valence-electron chi connectivity index (χ1n) is 5.35. The number of thioether (sulfide) groups is 1. The molecule has 0 aromatic heterocycles. The number of carboxylic acids is 1. The molecule has 1 fully saturated rings. The first-order chi connectivity index (χ1) is 7.68. The number of aromatic carboxylic acids is 1. The Bertz CT molecular complexity index is 400. The predicted octanol–water partition coefficient (Wildman–Crippen LogP) is 2.25. The van der Waals surface area contributed by atoms with Crippen LogP contribution in [0.25, 0.3) is 0 Å². The molecule has 4 heteroatoms. The third-order valence-corrected chi connectivity index (χ3v) is 3.68. The Kier molecular flexibility index (Phi) is 3.39. The predicted molar refractivity (Wildman–Crippen MR) is 67.7 cm³/mol. The first-order valence-corrected chi connectivity index (χ1v) is 6.50. The minimum atomic E-state index is -0.840. The summed E-state index contributed by atoms with van der Waals surface area (Å²) < 4.78 is 0. The Morgan fingerprint density at radius 1 is 1.38 bits per heavy atom. The topological polar surface area (TPSA) is 40.5 Å². The molecule has 1 aliphatic rings. The molecule has 0 amide bonds. The molecule has 1 aliphatic heterocycles. The number of carbonyl (C=O) groups is 1.